The van der Waals surface area contributed by atoms with Gasteiger partial charge in [0.05, 0.1) is 19.7 Å². The summed E-state index contributed by atoms with van der Waals surface area (Å²) in [6.45, 7) is 0.201. The number of urea groups is 1. The summed E-state index contributed by atoms with van der Waals surface area (Å²) in [6, 6.07) is 12.0. The van der Waals surface area contributed by atoms with Crippen LogP contribution in [-0.2, 0) is 16.1 Å². The highest BCUT2D eigenvalue weighted by molar-refractivity contribution is 6.10. The number of nitrogens with one attached hydrogen (secondary N) is 3. The van der Waals surface area contributed by atoms with Crippen molar-refractivity contribution in [2.45, 2.75) is 31.0 Å². The predicted molar refractivity (Wildman–Crippen MR) is 121 cm³/mol. The van der Waals surface area contributed by atoms with Crippen LogP contribution in [0.4, 0.5) is 4.79 Å². The van der Waals surface area contributed by atoms with E-state index in [4.69, 9.17) is 4.74 Å². The van der Waals surface area contributed by atoms with E-state index in [0.717, 1.165) is 17.5 Å². The summed E-state index contributed by atoms with van der Waals surface area (Å²) in [5.41, 5.74) is 1.36. The van der Waals surface area contributed by atoms with Gasteiger partial charge in [0.2, 0.25) is 11.4 Å². The molecule has 5 rings (SSSR count). The molecule has 5 amide bonds. The second-order valence-electron chi connectivity index (χ2n) is 8.53. The fourth-order valence-corrected chi connectivity index (χ4v) is 4.45. The van der Waals surface area contributed by atoms with Crippen LogP contribution in [0.5, 0.6) is 5.75 Å². The molecular weight excluding hydrogens is 436 g/mol. The molecule has 0 radical (unpaired) electrons. The number of rotatable bonds is 4. The van der Waals surface area contributed by atoms with Crippen molar-refractivity contribution < 1.29 is 23.9 Å². The molecule has 2 unspecified atom stereocenters. The first-order valence-electron chi connectivity index (χ1n) is 10.9. The highest BCUT2D eigenvalue weighted by Crippen LogP contribution is 2.29. The lowest BCUT2D eigenvalue weighted by atomic mass is 9.98. The van der Waals surface area contributed by atoms with Gasteiger partial charge < -0.3 is 20.3 Å². The minimum absolute atomic E-state index is 0.0119. The van der Waals surface area contributed by atoms with Crippen LogP contribution < -0.4 is 20.7 Å². The fourth-order valence-electron chi connectivity index (χ4n) is 4.45. The third-order valence-corrected chi connectivity index (χ3v) is 6.29. The normalized spacial score (nSPS) is 23.1. The number of amides is 5. The molecule has 3 aliphatic heterocycles. The number of hydrogen-bond acceptors (Lipinski definition) is 5. The molecule has 3 N–H and O–H groups in total. The largest absolute Gasteiger partial charge is 0.497 e. The van der Waals surface area contributed by atoms with E-state index in [2.05, 4.69) is 27.8 Å². The van der Waals surface area contributed by atoms with E-state index < -0.39 is 17.5 Å². The second kappa shape index (κ2) is 8.23. The van der Waals surface area contributed by atoms with Gasteiger partial charge >= 0.3 is 6.03 Å². The van der Waals surface area contributed by atoms with E-state index in [-0.39, 0.29) is 24.4 Å². The Morgan fingerprint density at radius 2 is 1.91 bits per heavy atom. The third-order valence-electron chi connectivity index (χ3n) is 6.29. The van der Waals surface area contributed by atoms with E-state index in [1.807, 2.05) is 18.2 Å². The number of carbonyl (C=O) groups is 4. The van der Waals surface area contributed by atoms with Crippen molar-refractivity contribution in [2.24, 2.45) is 0 Å². The molecule has 2 saturated heterocycles. The highest BCUT2D eigenvalue weighted by Gasteiger charge is 2.48. The number of imide groups is 1. The van der Waals surface area contributed by atoms with Crippen molar-refractivity contribution >= 4 is 23.8 Å². The molecule has 0 bridgehead atoms. The molecule has 2 aromatic carbocycles. The van der Waals surface area contributed by atoms with Gasteiger partial charge in [0.25, 0.3) is 11.8 Å². The molecule has 0 saturated carbocycles. The lowest BCUT2D eigenvalue weighted by Crippen LogP contribution is -2.54. The Labute approximate surface area is 195 Å². The monoisotopic (exact) mass is 458 g/mol. The number of benzene rings is 2. The minimum Gasteiger partial charge on any atom is -0.497 e. The van der Waals surface area contributed by atoms with Crippen molar-refractivity contribution in [3.8, 4) is 17.6 Å². The van der Waals surface area contributed by atoms with Crippen molar-refractivity contribution in [3.63, 3.8) is 0 Å². The van der Waals surface area contributed by atoms with Crippen molar-refractivity contribution in [1.29, 1.82) is 0 Å². The van der Waals surface area contributed by atoms with E-state index in [1.54, 1.807) is 24.3 Å². The van der Waals surface area contributed by atoms with Gasteiger partial charge in [-0.3, -0.25) is 19.7 Å². The lowest BCUT2D eigenvalue weighted by molar-refractivity contribution is -0.122. The summed E-state index contributed by atoms with van der Waals surface area (Å²) in [5, 5.41) is 7.76. The Morgan fingerprint density at radius 1 is 1.12 bits per heavy atom. The Kier molecular flexibility index (Phi) is 5.21. The first-order valence-corrected chi connectivity index (χ1v) is 10.9. The number of methoxy groups -OCH3 is 1. The van der Waals surface area contributed by atoms with Gasteiger partial charge in [0, 0.05) is 24.1 Å². The zero-order chi connectivity index (χ0) is 23.9. The van der Waals surface area contributed by atoms with Crippen molar-refractivity contribution in [2.75, 3.05) is 13.7 Å². The van der Waals surface area contributed by atoms with Crippen molar-refractivity contribution in [1.82, 2.24) is 20.9 Å². The van der Waals surface area contributed by atoms with Gasteiger partial charge in [0.1, 0.15) is 5.75 Å². The molecule has 9 nitrogen and oxygen atoms in total. The van der Waals surface area contributed by atoms with Gasteiger partial charge in [-0.25, -0.2) is 4.79 Å². The molecule has 0 aromatic heterocycles. The smallest absolute Gasteiger partial charge is 0.323 e. The zero-order valence-corrected chi connectivity index (χ0v) is 18.4. The summed E-state index contributed by atoms with van der Waals surface area (Å²) in [7, 11) is 1.53. The fraction of sp³-hybridized carbons (Fsp3) is 0.280. The van der Waals surface area contributed by atoms with Crippen molar-refractivity contribution in [3.05, 3.63) is 64.7 Å². The van der Waals surface area contributed by atoms with Crippen LogP contribution in [0.3, 0.4) is 0 Å². The van der Waals surface area contributed by atoms with Gasteiger partial charge in [-0.1, -0.05) is 30.0 Å². The van der Waals surface area contributed by atoms with E-state index >= 15 is 0 Å². The van der Waals surface area contributed by atoms with E-state index in [1.165, 1.54) is 12.0 Å². The second-order valence-corrected chi connectivity index (χ2v) is 8.53. The maximum Gasteiger partial charge on any atom is 0.323 e. The van der Waals surface area contributed by atoms with E-state index in [0.29, 0.717) is 29.8 Å². The summed E-state index contributed by atoms with van der Waals surface area (Å²) in [6.07, 6.45) is 1.26. The van der Waals surface area contributed by atoms with Crippen LogP contribution in [0.2, 0.25) is 0 Å². The van der Waals surface area contributed by atoms with Crippen LogP contribution in [0.15, 0.2) is 42.5 Å². The predicted octanol–water partition coefficient (Wildman–Crippen LogP) is 1.23. The average Bonchev–Trinajstić information content (AvgIpc) is 3.48. The first-order chi connectivity index (χ1) is 16.4. The molecule has 34 heavy (non-hydrogen) atoms. The van der Waals surface area contributed by atoms with Gasteiger partial charge in [-0.2, -0.15) is 0 Å². The molecule has 2 fully saturated rings. The average molecular weight is 458 g/mol. The summed E-state index contributed by atoms with van der Waals surface area (Å²) in [4.78, 5) is 50.7. The van der Waals surface area contributed by atoms with Crippen LogP contribution in [0.25, 0.3) is 0 Å². The summed E-state index contributed by atoms with van der Waals surface area (Å²) in [5.74, 6) is 5.61. The lowest BCUT2D eigenvalue weighted by Gasteiger charge is -2.26. The summed E-state index contributed by atoms with van der Waals surface area (Å²) >= 11 is 0. The molecule has 0 spiro atoms. The number of carbonyl (C=O) groups excluding carboxylic acids is 4. The summed E-state index contributed by atoms with van der Waals surface area (Å²) < 4.78 is 5.21. The molecule has 3 aliphatic rings. The Balaban J connectivity index is 1.38. The number of hydrogen-bond donors (Lipinski definition) is 3. The van der Waals surface area contributed by atoms with Gasteiger partial charge in [-0.05, 0) is 41.8 Å². The SMILES string of the molecule is COc1ccc2c(c1)C(=O)N(CC1(C#Cc3ccc(C4CCC(=O)N4)cc3)NC(=O)NC1=O)C2. The maximum absolute atomic E-state index is 13.0. The Morgan fingerprint density at radius 3 is 2.56 bits per heavy atom. The Bertz CT molecular complexity index is 1280. The van der Waals surface area contributed by atoms with Crippen LogP contribution in [0, 0.1) is 11.8 Å². The molecule has 0 aliphatic carbocycles. The topological polar surface area (TPSA) is 117 Å². The molecule has 2 atom stereocenters. The zero-order valence-electron chi connectivity index (χ0n) is 18.4. The quantitative estimate of drug-likeness (QED) is 0.471. The Hall–Kier alpha value is -4.32. The number of fused-ring (bicyclic) bond motifs is 1. The molecular formula is C25H22N4O5. The third kappa shape index (κ3) is 3.83. The number of nitrogens with zero attached hydrogens (tertiary/aromatic N) is 1. The standard InChI is InChI=1S/C25H22N4O5/c1-34-18-7-6-17-13-29(22(31)19(17)12-18)14-25(23(32)27-24(33)28-25)11-10-15-2-4-16(5-3-15)20-8-9-21(30)26-20/h2-7,12,20H,8-9,13-14H2,1H3,(H,26,30)(H2,27,28,32,33). The maximum atomic E-state index is 13.0. The van der Waals surface area contributed by atoms with Crippen LogP contribution in [-0.4, -0.2) is 47.8 Å². The highest BCUT2D eigenvalue weighted by atomic mass is 16.5. The number of ether oxygens (including phenoxy) is 1. The minimum atomic E-state index is -1.57. The van der Waals surface area contributed by atoms with E-state index in [9.17, 15) is 19.2 Å². The van der Waals surface area contributed by atoms with Gasteiger partial charge in [-0.15, -0.1) is 0 Å². The first kappa shape index (κ1) is 21.5. The molecule has 2 aromatic rings. The van der Waals surface area contributed by atoms with Crippen LogP contribution in [0.1, 0.15) is 45.9 Å². The molecule has 3 heterocycles. The molecule has 172 valence electrons. The van der Waals surface area contributed by atoms with Gasteiger partial charge in [0.15, 0.2) is 0 Å². The van der Waals surface area contributed by atoms with Crippen LogP contribution >= 0.6 is 0 Å². The molecule has 9 heteroatoms.